The molecule has 1 saturated heterocycles. The fraction of sp³-hybridized carbons (Fsp3) is 0.438. The van der Waals surface area contributed by atoms with Crippen molar-refractivity contribution in [1.82, 2.24) is 9.88 Å². The van der Waals surface area contributed by atoms with Gasteiger partial charge in [-0.3, -0.25) is 4.90 Å². The summed E-state index contributed by atoms with van der Waals surface area (Å²) >= 11 is 5.89. The number of nitrogens with zero attached hydrogens (tertiary/aromatic N) is 2. The van der Waals surface area contributed by atoms with Gasteiger partial charge in [-0.05, 0) is 43.7 Å². The van der Waals surface area contributed by atoms with E-state index in [1.807, 2.05) is 24.3 Å². The standard InChI is InChI=1S/C16H19ClN2O2/c17-13-6-4-12(5-7-13)15-9-18-16(21-15)10-19-8-2-1-3-14(19)11-20/h4-7,9,14,20H,1-3,8,10-11H2. The van der Waals surface area contributed by atoms with Crippen LogP contribution in [-0.2, 0) is 6.54 Å². The topological polar surface area (TPSA) is 49.5 Å². The maximum absolute atomic E-state index is 9.44. The van der Waals surface area contributed by atoms with E-state index in [1.165, 1.54) is 12.8 Å². The number of aliphatic hydroxyl groups excluding tert-OH is 1. The predicted molar refractivity (Wildman–Crippen MR) is 82.1 cm³/mol. The Labute approximate surface area is 129 Å². The number of halogens is 1. The summed E-state index contributed by atoms with van der Waals surface area (Å²) < 4.78 is 5.83. The lowest BCUT2D eigenvalue weighted by Crippen LogP contribution is -2.41. The van der Waals surface area contributed by atoms with Gasteiger partial charge in [0.1, 0.15) is 0 Å². The van der Waals surface area contributed by atoms with Crippen molar-refractivity contribution in [3.8, 4) is 11.3 Å². The van der Waals surface area contributed by atoms with Gasteiger partial charge in [0.2, 0.25) is 5.89 Å². The molecule has 0 radical (unpaired) electrons. The van der Waals surface area contributed by atoms with Crippen LogP contribution in [0.25, 0.3) is 11.3 Å². The summed E-state index contributed by atoms with van der Waals surface area (Å²) in [7, 11) is 0. The molecule has 3 rings (SSSR count). The maximum atomic E-state index is 9.44. The first kappa shape index (κ1) is 14.6. The van der Waals surface area contributed by atoms with E-state index in [9.17, 15) is 5.11 Å². The van der Waals surface area contributed by atoms with Crippen LogP contribution in [0.4, 0.5) is 0 Å². The molecule has 1 atom stereocenters. The van der Waals surface area contributed by atoms with Gasteiger partial charge in [-0.1, -0.05) is 18.0 Å². The molecule has 1 aliphatic rings. The van der Waals surface area contributed by atoms with Gasteiger partial charge in [0.25, 0.3) is 0 Å². The second-order valence-electron chi connectivity index (χ2n) is 5.43. The number of hydrogen-bond donors (Lipinski definition) is 1. The zero-order chi connectivity index (χ0) is 14.7. The van der Waals surface area contributed by atoms with Crippen molar-refractivity contribution in [2.24, 2.45) is 0 Å². The summed E-state index contributed by atoms with van der Waals surface area (Å²) in [6, 6.07) is 7.75. The highest BCUT2D eigenvalue weighted by Gasteiger charge is 2.23. The van der Waals surface area contributed by atoms with Crippen LogP contribution >= 0.6 is 11.6 Å². The molecular weight excluding hydrogens is 288 g/mol. The average Bonchev–Trinajstić information content (AvgIpc) is 2.97. The Balaban J connectivity index is 1.71. The molecule has 21 heavy (non-hydrogen) atoms. The molecule has 0 spiro atoms. The Hall–Kier alpha value is -1.36. The van der Waals surface area contributed by atoms with Crippen LogP contribution in [0.1, 0.15) is 25.2 Å². The van der Waals surface area contributed by atoms with Gasteiger partial charge in [0.05, 0.1) is 19.3 Å². The van der Waals surface area contributed by atoms with Crippen LogP contribution in [0.5, 0.6) is 0 Å². The molecular formula is C16H19ClN2O2. The van der Waals surface area contributed by atoms with Crippen LogP contribution in [0, 0.1) is 0 Å². The third kappa shape index (κ3) is 3.46. The molecule has 1 aromatic carbocycles. The molecule has 1 N–H and O–H groups in total. The van der Waals surface area contributed by atoms with Crippen molar-refractivity contribution in [2.75, 3.05) is 13.2 Å². The molecule has 0 saturated carbocycles. The average molecular weight is 307 g/mol. The largest absolute Gasteiger partial charge is 0.439 e. The minimum Gasteiger partial charge on any atom is -0.439 e. The van der Waals surface area contributed by atoms with E-state index in [-0.39, 0.29) is 12.6 Å². The predicted octanol–water partition coefficient (Wildman–Crippen LogP) is 3.34. The van der Waals surface area contributed by atoms with E-state index in [4.69, 9.17) is 16.0 Å². The lowest BCUT2D eigenvalue weighted by molar-refractivity contribution is 0.0770. The smallest absolute Gasteiger partial charge is 0.209 e. The van der Waals surface area contributed by atoms with Crippen LogP contribution in [0.2, 0.25) is 5.02 Å². The Kier molecular flexibility index (Phi) is 4.58. The third-order valence-electron chi connectivity index (χ3n) is 3.98. The summed E-state index contributed by atoms with van der Waals surface area (Å²) in [5.41, 5.74) is 0.968. The highest BCUT2D eigenvalue weighted by molar-refractivity contribution is 6.30. The van der Waals surface area contributed by atoms with Crippen LogP contribution in [0.3, 0.4) is 0 Å². The Morgan fingerprint density at radius 3 is 2.86 bits per heavy atom. The maximum Gasteiger partial charge on any atom is 0.209 e. The summed E-state index contributed by atoms with van der Waals surface area (Å²) in [5.74, 6) is 1.44. The number of likely N-dealkylation sites (tertiary alicyclic amines) is 1. The lowest BCUT2D eigenvalue weighted by atomic mass is 10.0. The number of benzene rings is 1. The second kappa shape index (κ2) is 6.60. The minimum absolute atomic E-state index is 0.199. The van der Waals surface area contributed by atoms with Gasteiger partial charge in [-0.25, -0.2) is 4.98 Å². The Bertz CT molecular complexity index is 582. The van der Waals surface area contributed by atoms with Crippen molar-refractivity contribution in [1.29, 1.82) is 0 Å². The molecule has 0 aliphatic carbocycles. The lowest BCUT2D eigenvalue weighted by Gasteiger charge is -2.33. The number of hydrogen-bond acceptors (Lipinski definition) is 4. The molecule has 1 fully saturated rings. The first-order valence-corrected chi connectivity index (χ1v) is 7.69. The molecule has 112 valence electrons. The normalized spacial score (nSPS) is 19.8. The molecule has 2 heterocycles. The van der Waals surface area contributed by atoms with Gasteiger partial charge >= 0.3 is 0 Å². The van der Waals surface area contributed by atoms with Crippen molar-refractivity contribution in [3.63, 3.8) is 0 Å². The molecule has 0 bridgehead atoms. The summed E-state index contributed by atoms with van der Waals surface area (Å²) in [5, 5.41) is 10.1. The zero-order valence-electron chi connectivity index (χ0n) is 11.8. The van der Waals surface area contributed by atoms with Crippen molar-refractivity contribution in [3.05, 3.63) is 41.4 Å². The van der Waals surface area contributed by atoms with Crippen LogP contribution in [-0.4, -0.2) is 34.2 Å². The van der Waals surface area contributed by atoms with E-state index < -0.39 is 0 Å². The quantitative estimate of drug-likeness (QED) is 0.941. The van der Waals surface area contributed by atoms with Crippen molar-refractivity contribution < 1.29 is 9.52 Å². The Morgan fingerprint density at radius 2 is 2.10 bits per heavy atom. The minimum atomic E-state index is 0.199. The van der Waals surface area contributed by atoms with Gasteiger partial charge in [0, 0.05) is 16.6 Å². The summed E-state index contributed by atoms with van der Waals surface area (Å²) in [4.78, 5) is 6.61. The number of aromatic nitrogens is 1. The molecule has 5 heteroatoms. The van der Waals surface area contributed by atoms with Gasteiger partial charge in [-0.2, -0.15) is 0 Å². The van der Waals surface area contributed by atoms with Crippen molar-refractivity contribution in [2.45, 2.75) is 31.8 Å². The zero-order valence-corrected chi connectivity index (χ0v) is 12.6. The number of piperidine rings is 1. The Morgan fingerprint density at radius 1 is 1.29 bits per heavy atom. The molecule has 1 aromatic heterocycles. The van der Waals surface area contributed by atoms with E-state index >= 15 is 0 Å². The fourth-order valence-electron chi connectivity index (χ4n) is 2.78. The summed E-state index contributed by atoms with van der Waals surface area (Å²) in [6.07, 6.45) is 5.14. The van der Waals surface area contributed by atoms with Gasteiger partial charge in [-0.15, -0.1) is 0 Å². The monoisotopic (exact) mass is 306 g/mol. The van der Waals surface area contributed by atoms with E-state index in [1.54, 1.807) is 6.20 Å². The van der Waals surface area contributed by atoms with Crippen LogP contribution in [0.15, 0.2) is 34.9 Å². The highest BCUT2D eigenvalue weighted by Crippen LogP contribution is 2.24. The molecule has 0 amide bonds. The molecule has 2 aromatic rings. The molecule has 4 nitrogen and oxygen atoms in total. The second-order valence-corrected chi connectivity index (χ2v) is 5.86. The summed E-state index contributed by atoms with van der Waals surface area (Å²) in [6.45, 7) is 1.84. The molecule has 1 aliphatic heterocycles. The van der Waals surface area contributed by atoms with E-state index in [0.717, 1.165) is 24.3 Å². The van der Waals surface area contributed by atoms with Crippen molar-refractivity contribution >= 4 is 11.6 Å². The van der Waals surface area contributed by atoms with Gasteiger partial charge in [0.15, 0.2) is 5.76 Å². The SMILES string of the molecule is OCC1CCCCN1Cc1ncc(-c2ccc(Cl)cc2)o1. The highest BCUT2D eigenvalue weighted by atomic mass is 35.5. The number of oxazole rings is 1. The van der Waals surface area contributed by atoms with Gasteiger partial charge < -0.3 is 9.52 Å². The first-order chi connectivity index (χ1) is 10.3. The third-order valence-corrected chi connectivity index (χ3v) is 4.23. The number of aliphatic hydroxyl groups is 1. The van der Waals surface area contributed by atoms with E-state index in [0.29, 0.717) is 17.5 Å². The van der Waals surface area contributed by atoms with E-state index in [2.05, 4.69) is 9.88 Å². The fourth-order valence-corrected chi connectivity index (χ4v) is 2.91. The van der Waals surface area contributed by atoms with Crippen LogP contribution < -0.4 is 0 Å². The molecule has 1 unspecified atom stereocenters. The first-order valence-electron chi connectivity index (χ1n) is 7.32. The number of rotatable bonds is 4.